The van der Waals surface area contributed by atoms with Crippen molar-refractivity contribution in [2.24, 2.45) is 0 Å². The van der Waals surface area contributed by atoms with Gasteiger partial charge in [-0.2, -0.15) is 0 Å². The first-order valence-electron chi connectivity index (χ1n) is 5.51. The summed E-state index contributed by atoms with van der Waals surface area (Å²) in [6, 6.07) is 6.34. The van der Waals surface area contributed by atoms with Crippen molar-refractivity contribution in [3.63, 3.8) is 0 Å². The Kier molecular flexibility index (Phi) is 4.07. The summed E-state index contributed by atoms with van der Waals surface area (Å²) in [6.07, 6.45) is 1.50. The first-order chi connectivity index (χ1) is 8.69. The van der Waals surface area contributed by atoms with Crippen LogP contribution in [0.2, 0.25) is 0 Å². The monoisotopic (exact) mass is 253 g/mol. The molecule has 2 aromatic rings. The van der Waals surface area contributed by atoms with E-state index in [1.807, 2.05) is 0 Å². The highest BCUT2D eigenvalue weighted by molar-refractivity contribution is 5.18. The molecule has 1 aromatic carbocycles. The van der Waals surface area contributed by atoms with Gasteiger partial charge >= 0.3 is 0 Å². The molecule has 0 spiro atoms. The fraction of sp³-hybridized carbons (Fsp3) is 0.231. The highest BCUT2D eigenvalue weighted by Crippen LogP contribution is 2.14. The fourth-order valence-corrected chi connectivity index (χ4v) is 1.70. The standard InChI is InChI=1S/C13H13F2NO2/c14-10-4-9(5-11(15)6-10)7-16-12(8-17)13-2-1-3-18-13/h1-6,12,16-17H,7-8H2. The van der Waals surface area contributed by atoms with Crippen LogP contribution in [0.15, 0.2) is 41.0 Å². The van der Waals surface area contributed by atoms with Gasteiger partial charge in [0.05, 0.1) is 18.9 Å². The number of rotatable bonds is 5. The molecule has 1 aromatic heterocycles. The fourth-order valence-electron chi connectivity index (χ4n) is 1.70. The van der Waals surface area contributed by atoms with Crippen molar-refractivity contribution in [1.82, 2.24) is 5.32 Å². The van der Waals surface area contributed by atoms with Crippen molar-refractivity contribution in [1.29, 1.82) is 0 Å². The normalized spacial score (nSPS) is 12.6. The molecule has 0 fully saturated rings. The maximum Gasteiger partial charge on any atom is 0.126 e. The second-order valence-electron chi connectivity index (χ2n) is 3.91. The molecule has 0 aliphatic rings. The predicted octanol–water partition coefficient (Wildman–Crippen LogP) is 2.38. The number of halogens is 2. The molecule has 0 radical (unpaired) electrons. The van der Waals surface area contributed by atoms with E-state index in [1.54, 1.807) is 12.1 Å². The maximum atomic E-state index is 13.0. The van der Waals surface area contributed by atoms with E-state index < -0.39 is 17.7 Å². The number of aliphatic hydroxyl groups is 1. The number of hydrogen-bond donors (Lipinski definition) is 2. The maximum absolute atomic E-state index is 13.0. The predicted molar refractivity (Wildman–Crippen MR) is 61.7 cm³/mol. The largest absolute Gasteiger partial charge is 0.468 e. The summed E-state index contributed by atoms with van der Waals surface area (Å²) in [5, 5.41) is 12.2. The Labute approximate surface area is 103 Å². The van der Waals surface area contributed by atoms with Crippen LogP contribution in [0.3, 0.4) is 0 Å². The zero-order valence-corrected chi connectivity index (χ0v) is 9.57. The first kappa shape index (κ1) is 12.7. The van der Waals surface area contributed by atoms with Gasteiger partial charge < -0.3 is 14.8 Å². The smallest absolute Gasteiger partial charge is 0.126 e. The minimum atomic E-state index is -0.620. The molecular formula is C13H13F2NO2. The minimum Gasteiger partial charge on any atom is -0.468 e. The summed E-state index contributed by atoms with van der Waals surface area (Å²) in [7, 11) is 0. The highest BCUT2D eigenvalue weighted by Gasteiger charge is 2.12. The van der Waals surface area contributed by atoms with Gasteiger partial charge in [-0.25, -0.2) is 8.78 Å². The lowest BCUT2D eigenvalue weighted by Gasteiger charge is -2.13. The van der Waals surface area contributed by atoms with Crippen molar-refractivity contribution < 1.29 is 18.3 Å². The van der Waals surface area contributed by atoms with Crippen LogP contribution in [0.4, 0.5) is 8.78 Å². The molecular weight excluding hydrogens is 240 g/mol. The van der Waals surface area contributed by atoms with E-state index in [1.165, 1.54) is 18.4 Å². The number of nitrogens with one attached hydrogen (secondary N) is 1. The van der Waals surface area contributed by atoms with Gasteiger partial charge in [-0.3, -0.25) is 0 Å². The topological polar surface area (TPSA) is 45.4 Å². The molecule has 0 saturated carbocycles. The summed E-state index contributed by atoms with van der Waals surface area (Å²) in [5.41, 5.74) is 0.470. The second-order valence-corrected chi connectivity index (χ2v) is 3.91. The average Bonchev–Trinajstić information content (AvgIpc) is 2.82. The molecule has 0 saturated heterocycles. The summed E-state index contributed by atoms with van der Waals surface area (Å²) in [5.74, 6) is -0.662. The third kappa shape index (κ3) is 3.15. The van der Waals surface area contributed by atoms with Crippen LogP contribution in [0.5, 0.6) is 0 Å². The van der Waals surface area contributed by atoms with E-state index in [-0.39, 0.29) is 13.2 Å². The van der Waals surface area contributed by atoms with E-state index in [0.29, 0.717) is 11.3 Å². The molecule has 2 N–H and O–H groups in total. The molecule has 5 heteroatoms. The summed E-state index contributed by atoms with van der Waals surface area (Å²) < 4.78 is 31.1. The van der Waals surface area contributed by atoms with Gasteiger partial charge in [0, 0.05) is 12.6 Å². The van der Waals surface area contributed by atoms with Crippen LogP contribution in [0, 0.1) is 11.6 Å². The molecule has 0 aliphatic heterocycles. The molecule has 1 unspecified atom stereocenters. The Morgan fingerprint density at radius 2 is 1.94 bits per heavy atom. The van der Waals surface area contributed by atoms with Crippen molar-refractivity contribution in [3.05, 3.63) is 59.6 Å². The molecule has 0 amide bonds. The van der Waals surface area contributed by atoms with Gasteiger partial charge in [0.1, 0.15) is 17.4 Å². The summed E-state index contributed by atoms with van der Waals surface area (Å²) >= 11 is 0. The SMILES string of the molecule is OCC(NCc1cc(F)cc(F)c1)c1ccco1. The van der Waals surface area contributed by atoms with E-state index in [4.69, 9.17) is 4.42 Å². The second kappa shape index (κ2) is 5.75. The Hall–Kier alpha value is -1.72. The van der Waals surface area contributed by atoms with Crippen LogP contribution in [0.1, 0.15) is 17.4 Å². The zero-order chi connectivity index (χ0) is 13.0. The number of aliphatic hydroxyl groups excluding tert-OH is 1. The first-order valence-corrected chi connectivity index (χ1v) is 5.51. The van der Waals surface area contributed by atoms with Crippen LogP contribution < -0.4 is 5.32 Å². The van der Waals surface area contributed by atoms with Gasteiger partial charge in [-0.1, -0.05) is 0 Å². The number of hydrogen-bond acceptors (Lipinski definition) is 3. The third-order valence-corrected chi connectivity index (χ3v) is 2.54. The molecule has 96 valence electrons. The number of benzene rings is 1. The van der Waals surface area contributed by atoms with Gasteiger partial charge in [0.2, 0.25) is 0 Å². The minimum absolute atomic E-state index is 0.161. The lowest BCUT2D eigenvalue weighted by atomic mass is 10.2. The molecule has 1 atom stereocenters. The van der Waals surface area contributed by atoms with Crippen LogP contribution in [0.25, 0.3) is 0 Å². The Balaban J connectivity index is 2.01. The van der Waals surface area contributed by atoms with Crippen molar-refractivity contribution in [2.75, 3.05) is 6.61 Å². The Bertz CT molecular complexity index is 479. The van der Waals surface area contributed by atoms with Crippen molar-refractivity contribution in [2.45, 2.75) is 12.6 Å². The molecule has 3 nitrogen and oxygen atoms in total. The average molecular weight is 253 g/mol. The van der Waals surface area contributed by atoms with Gasteiger partial charge in [0.25, 0.3) is 0 Å². The van der Waals surface area contributed by atoms with Crippen LogP contribution >= 0.6 is 0 Å². The van der Waals surface area contributed by atoms with E-state index in [9.17, 15) is 13.9 Å². The molecule has 18 heavy (non-hydrogen) atoms. The van der Waals surface area contributed by atoms with E-state index >= 15 is 0 Å². The van der Waals surface area contributed by atoms with Crippen LogP contribution in [-0.2, 0) is 6.54 Å². The quantitative estimate of drug-likeness (QED) is 0.860. The molecule has 1 heterocycles. The van der Waals surface area contributed by atoms with Gasteiger partial charge in [-0.05, 0) is 29.8 Å². The lowest BCUT2D eigenvalue weighted by molar-refractivity contribution is 0.225. The van der Waals surface area contributed by atoms with Gasteiger partial charge in [0.15, 0.2) is 0 Å². The number of furan rings is 1. The highest BCUT2D eigenvalue weighted by atomic mass is 19.1. The Morgan fingerprint density at radius 1 is 1.22 bits per heavy atom. The van der Waals surface area contributed by atoms with E-state index in [0.717, 1.165) is 6.07 Å². The van der Waals surface area contributed by atoms with E-state index in [2.05, 4.69) is 5.32 Å². The van der Waals surface area contributed by atoms with Crippen molar-refractivity contribution in [3.8, 4) is 0 Å². The summed E-state index contributed by atoms with van der Waals surface area (Å²) in [4.78, 5) is 0. The molecule has 0 aliphatic carbocycles. The van der Waals surface area contributed by atoms with Crippen LogP contribution in [-0.4, -0.2) is 11.7 Å². The Morgan fingerprint density at radius 3 is 2.50 bits per heavy atom. The lowest BCUT2D eigenvalue weighted by Crippen LogP contribution is -2.23. The summed E-state index contributed by atoms with van der Waals surface area (Å²) in [6.45, 7) is 0.0753. The third-order valence-electron chi connectivity index (χ3n) is 2.54. The molecule has 2 rings (SSSR count). The zero-order valence-electron chi connectivity index (χ0n) is 9.57. The van der Waals surface area contributed by atoms with Crippen molar-refractivity contribution >= 4 is 0 Å². The molecule has 0 bridgehead atoms. The van der Waals surface area contributed by atoms with Gasteiger partial charge in [-0.15, -0.1) is 0 Å².